The molecular formula is C11H15N3S. The zero-order chi connectivity index (χ0) is 11.0. The van der Waals surface area contributed by atoms with Crippen LogP contribution in [0.2, 0.25) is 0 Å². The number of nitrogens with one attached hydrogen (secondary N) is 1. The normalized spacial score (nSPS) is 10.7. The number of anilines is 1. The summed E-state index contributed by atoms with van der Waals surface area (Å²) in [6, 6.07) is 4.19. The lowest BCUT2D eigenvalue weighted by Gasteiger charge is -2.09. The van der Waals surface area contributed by atoms with Crippen LogP contribution in [0, 0.1) is 27.7 Å². The Bertz CT molecular complexity index is 443. The predicted molar refractivity (Wildman–Crippen MR) is 64.5 cm³/mol. The molecule has 3 nitrogen and oxygen atoms in total. The van der Waals surface area contributed by atoms with Crippen LogP contribution in [0.3, 0.4) is 0 Å². The zero-order valence-corrected chi connectivity index (χ0v) is 10.3. The SMILES string of the molecule is Cc1nc(Nn2c(C)ccc2C)sc1C. The molecule has 0 unspecified atom stereocenters. The fraction of sp³-hybridized carbons (Fsp3) is 0.364. The molecule has 15 heavy (non-hydrogen) atoms. The summed E-state index contributed by atoms with van der Waals surface area (Å²) in [6.07, 6.45) is 0. The summed E-state index contributed by atoms with van der Waals surface area (Å²) in [7, 11) is 0. The average Bonchev–Trinajstić information content (AvgIpc) is 2.64. The number of thiazole rings is 1. The number of hydrogen-bond donors (Lipinski definition) is 1. The molecule has 0 bridgehead atoms. The van der Waals surface area contributed by atoms with Gasteiger partial charge >= 0.3 is 0 Å². The molecule has 4 heteroatoms. The molecule has 0 spiro atoms. The Morgan fingerprint density at radius 3 is 2.20 bits per heavy atom. The molecule has 2 aromatic rings. The van der Waals surface area contributed by atoms with Gasteiger partial charge in [-0.05, 0) is 39.8 Å². The minimum absolute atomic E-state index is 0.951. The Morgan fingerprint density at radius 1 is 1.13 bits per heavy atom. The Labute approximate surface area is 93.7 Å². The number of hydrogen-bond acceptors (Lipinski definition) is 3. The quantitative estimate of drug-likeness (QED) is 0.844. The van der Waals surface area contributed by atoms with Crippen LogP contribution in [0.15, 0.2) is 12.1 Å². The largest absolute Gasteiger partial charge is 0.269 e. The fourth-order valence-corrected chi connectivity index (χ4v) is 2.26. The van der Waals surface area contributed by atoms with E-state index in [1.807, 2.05) is 6.92 Å². The molecule has 0 aliphatic rings. The van der Waals surface area contributed by atoms with Crippen molar-refractivity contribution < 1.29 is 0 Å². The molecule has 2 rings (SSSR count). The van der Waals surface area contributed by atoms with E-state index in [4.69, 9.17) is 0 Å². The first-order chi connectivity index (χ1) is 7.08. The molecule has 0 aromatic carbocycles. The molecule has 80 valence electrons. The minimum Gasteiger partial charge on any atom is -0.269 e. The Kier molecular flexibility index (Phi) is 2.52. The topological polar surface area (TPSA) is 29.9 Å². The van der Waals surface area contributed by atoms with Gasteiger partial charge < -0.3 is 0 Å². The standard InChI is InChI=1S/C11H15N3S/c1-7-5-6-8(2)14(7)13-11-12-9(3)10(4)15-11/h5-6H,1-4H3,(H,12,13). The van der Waals surface area contributed by atoms with Crippen molar-refractivity contribution in [3.63, 3.8) is 0 Å². The first kappa shape index (κ1) is 10.2. The van der Waals surface area contributed by atoms with Gasteiger partial charge in [0, 0.05) is 16.3 Å². The van der Waals surface area contributed by atoms with Gasteiger partial charge in [-0.25, -0.2) is 4.98 Å². The van der Waals surface area contributed by atoms with Crippen LogP contribution in [-0.4, -0.2) is 9.66 Å². The summed E-state index contributed by atoms with van der Waals surface area (Å²) in [4.78, 5) is 5.72. The van der Waals surface area contributed by atoms with Crippen LogP contribution < -0.4 is 5.43 Å². The fourth-order valence-electron chi connectivity index (χ4n) is 1.46. The maximum atomic E-state index is 4.45. The highest BCUT2D eigenvalue weighted by atomic mass is 32.1. The van der Waals surface area contributed by atoms with Crippen LogP contribution in [-0.2, 0) is 0 Å². The summed E-state index contributed by atoms with van der Waals surface area (Å²) < 4.78 is 2.05. The van der Waals surface area contributed by atoms with Crippen LogP contribution in [0.4, 0.5) is 5.13 Å². The van der Waals surface area contributed by atoms with Crippen molar-refractivity contribution in [3.05, 3.63) is 34.1 Å². The molecule has 0 atom stereocenters. The molecule has 0 aliphatic heterocycles. The second-order valence-corrected chi connectivity index (χ2v) is 4.93. The van der Waals surface area contributed by atoms with E-state index in [1.165, 1.54) is 16.3 Å². The van der Waals surface area contributed by atoms with E-state index in [0.29, 0.717) is 0 Å². The van der Waals surface area contributed by atoms with E-state index in [1.54, 1.807) is 11.3 Å². The number of rotatable bonds is 2. The van der Waals surface area contributed by atoms with Gasteiger partial charge in [0.15, 0.2) is 0 Å². The second-order valence-electron chi connectivity index (χ2n) is 3.72. The average molecular weight is 221 g/mol. The molecule has 1 N–H and O–H groups in total. The van der Waals surface area contributed by atoms with Gasteiger partial charge in [0.25, 0.3) is 0 Å². The molecule has 0 saturated heterocycles. The summed E-state index contributed by atoms with van der Waals surface area (Å²) in [5.74, 6) is 0. The predicted octanol–water partition coefficient (Wildman–Crippen LogP) is 3.05. The molecule has 0 radical (unpaired) electrons. The molecule has 2 aromatic heterocycles. The number of nitrogens with zero attached hydrogens (tertiary/aromatic N) is 2. The summed E-state index contributed by atoms with van der Waals surface area (Å²) >= 11 is 1.69. The van der Waals surface area contributed by atoms with Crippen molar-refractivity contribution in [2.45, 2.75) is 27.7 Å². The lowest BCUT2D eigenvalue weighted by atomic mass is 10.4. The lowest BCUT2D eigenvalue weighted by molar-refractivity contribution is 0.877. The maximum Gasteiger partial charge on any atom is 0.202 e. The molecule has 0 saturated carbocycles. The highest BCUT2D eigenvalue weighted by Crippen LogP contribution is 2.22. The Morgan fingerprint density at radius 2 is 1.73 bits per heavy atom. The van der Waals surface area contributed by atoms with Gasteiger partial charge in [-0.1, -0.05) is 0 Å². The van der Waals surface area contributed by atoms with E-state index in [9.17, 15) is 0 Å². The zero-order valence-electron chi connectivity index (χ0n) is 9.46. The van der Waals surface area contributed by atoms with E-state index >= 15 is 0 Å². The Hall–Kier alpha value is -1.29. The van der Waals surface area contributed by atoms with E-state index in [2.05, 4.69) is 48.0 Å². The monoisotopic (exact) mass is 221 g/mol. The minimum atomic E-state index is 0.951. The molecular weight excluding hydrogens is 206 g/mol. The van der Waals surface area contributed by atoms with E-state index in [0.717, 1.165) is 10.8 Å². The lowest BCUT2D eigenvalue weighted by Crippen LogP contribution is -2.11. The van der Waals surface area contributed by atoms with Crippen molar-refractivity contribution in [2.75, 3.05) is 5.43 Å². The van der Waals surface area contributed by atoms with Crippen molar-refractivity contribution in [1.82, 2.24) is 9.66 Å². The summed E-state index contributed by atoms with van der Waals surface area (Å²) in [5.41, 5.74) is 6.79. The van der Waals surface area contributed by atoms with E-state index in [-0.39, 0.29) is 0 Å². The maximum absolute atomic E-state index is 4.45. The van der Waals surface area contributed by atoms with Crippen LogP contribution in [0.1, 0.15) is 22.0 Å². The van der Waals surface area contributed by atoms with Crippen molar-refractivity contribution in [1.29, 1.82) is 0 Å². The van der Waals surface area contributed by atoms with Gasteiger partial charge in [-0.3, -0.25) is 10.1 Å². The third-order valence-electron chi connectivity index (χ3n) is 2.51. The van der Waals surface area contributed by atoms with Gasteiger partial charge in [0.1, 0.15) is 0 Å². The number of aryl methyl sites for hydroxylation is 4. The Balaban J connectivity index is 2.29. The smallest absolute Gasteiger partial charge is 0.202 e. The van der Waals surface area contributed by atoms with Crippen molar-refractivity contribution in [3.8, 4) is 0 Å². The first-order valence-electron chi connectivity index (χ1n) is 4.94. The van der Waals surface area contributed by atoms with Gasteiger partial charge in [-0.2, -0.15) is 0 Å². The molecule has 0 amide bonds. The molecule has 0 aliphatic carbocycles. The van der Waals surface area contributed by atoms with E-state index < -0.39 is 0 Å². The van der Waals surface area contributed by atoms with Gasteiger partial charge in [0.05, 0.1) is 5.69 Å². The molecule has 2 heterocycles. The molecule has 0 fully saturated rings. The van der Waals surface area contributed by atoms with Gasteiger partial charge in [-0.15, -0.1) is 11.3 Å². The first-order valence-corrected chi connectivity index (χ1v) is 5.75. The van der Waals surface area contributed by atoms with Crippen molar-refractivity contribution >= 4 is 16.5 Å². The van der Waals surface area contributed by atoms with Crippen LogP contribution >= 0.6 is 11.3 Å². The second kappa shape index (κ2) is 3.70. The van der Waals surface area contributed by atoms with Crippen molar-refractivity contribution in [2.24, 2.45) is 0 Å². The van der Waals surface area contributed by atoms with Crippen LogP contribution in [0.25, 0.3) is 0 Å². The summed E-state index contributed by atoms with van der Waals surface area (Å²) in [6.45, 7) is 8.28. The highest BCUT2D eigenvalue weighted by molar-refractivity contribution is 7.15. The highest BCUT2D eigenvalue weighted by Gasteiger charge is 2.05. The number of aromatic nitrogens is 2. The third-order valence-corrected chi connectivity index (χ3v) is 3.48. The van der Waals surface area contributed by atoms with Crippen LogP contribution in [0.5, 0.6) is 0 Å². The van der Waals surface area contributed by atoms with Gasteiger partial charge in [0.2, 0.25) is 5.13 Å². The summed E-state index contributed by atoms with van der Waals surface area (Å²) in [5, 5.41) is 0.951. The third kappa shape index (κ3) is 1.90.